The molecule has 4 nitrogen and oxygen atoms in total. The number of nitrogens with one attached hydrogen (secondary N) is 1. The van der Waals surface area contributed by atoms with Crippen LogP contribution in [0.15, 0.2) is 77.2 Å². The van der Waals surface area contributed by atoms with Crippen molar-refractivity contribution in [2.24, 2.45) is 0 Å². The van der Waals surface area contributed by atoms with Crippen molar-refractivity contribution in [3.8, 4) is 0 Å². The molecule has 0 aliphatic rings. The number of hydrogen-bond donors (Lipinski definition) is 1. The average Bonchev–Trinajstić information content (AvgIpc) is 3.32. The number of hydrogen-bond acceptors (Lipinski definition) is 3. The van der Waals surface area contributed by atoms with E-state index in [0.29, 0.717) is 0 Å². The molecule has 0 unspecified atom stereocenters. The monoisotopic (exact) mass is 359 g/mol. The van der Waals surface area contributed by atoms with Crippen LogP contribution in [-0.4, -0.2) is 15.0 Å². The van der Waals surface area contributed by atoms with Gasteiger partial charge in [-0.2, -0.15) is 0 Å². The van der Waals surface area contributed by atoms with Crippen LogP contribution in [0.4, 0.5) is 0 Å². The van der Waals surface area contributed by atoms with E-state index in [2.05, 4.69) is 29.2 Å². The Labute approximate surface area is 158 Å². The van der Waals surface area contributed by atoms with Crippen LogP contribution in [0, 0.1) is 0 Å². The van der Waals surface area contributed by atoms with E-state index in [1.807, 2.05) is 48.5 Å². The second-order valence-corrected chi connectivity index (χ2v) is 7.13. The van der Waals surface area contributed by atoms with Gasteiger partial charge in [0.25, 0.3) is 0 Å². The van der Waals surface area contributed by atoms with Crippen molar-refractivity contribution in [1.82, 2.24) is 15.0 Å². The lowest BCUT2D eigenvalue weighted by molar-refractivity contribution is 0.672. The zero-order valence-electron chi connectivity index (χ0n) is 14.7. The number of furan rings is 1. The number of benzene rings is 4. The van der Waals surface area contributed by atoms with Gasteiger partial charge in [-0.15, -0.1) is 0 Å². The third-order valence-electron chi connectivity index (χ3n) is 5.57. The van der Waals surface area contributed by atoms with Gasteiger partial charge in [0.15, 0.2) is 5.58 Å². The van der Waals surface area contributed by atoms with Gasteiger partial charge in [-0.05, 0) is 24.3 Å². The smallest absolute Gasteiger partial charge is 0.161 e. The first kappa shape index (κ1) is 14.2. The molecule has 0 saturated carbocycles. The Bertz CT molecular complexity index is 1590. The van der Waals surface area contributed by atoms with Gasteiger partial charge < -0.3 is 9.40 Å². The highest BCUT2D eigenvalue weighted by Crippen LogP contribution is 2.42. The topological polar surface area (TPSA) is 54.7 Å². The molecular weight excluding hydrogens is 346 g/mol. The molecule has 0 amide bonds. The number of nitrogens with zero attached hydrogens (tertiary/aromatic N) is 2. The molecule has 1 N–H and O–H groups in total. The van der Waals surface area contributed by atoms with Gasteiger partial charge in [0, 0.05) is 21.7 Å². The van der Waals surface area contributed by atoms with Crippen LogP contribution in [0.3, 0.4) is 0 Å². The first-order chi connectivity index (χ1) is 13.9. The molecule has 0 atom stereocenters. The number of fused-ring (bicyclic) bond motifs is 11. The standard InChI is InChI=1S/C24H13N3O/c1-3-9-15-13(7-1)19-21-22(27-17-11-5-4-10-16(17)26-21)20-14-8-2-6-12-18(14)28-24(20)23(19)25-15/h1-12,25H. The molecule has 7 aromatic rings. The molecule has 0 radical (unpaired) electrons. The number of aromatic nitrogens is 3. The fourth-order valence-electron chi connectivity index (χ4n) is 4.36. The van der Waals surface area contributed by atoms with Gasteiger partial charge in [0.2, 0.25) is 0 Å². The molecule has 28 heavy (non-hydrogen) atoms. The van der Waals surface area contributed by atoms with Gasteiger partial charge in [0.1, 0.15) is 16.6 Å². The summed E-state index contributed by atoms with van der Waals surface area (Å²) in [5, 5.41) is 4.28. The minimum absolute atomic E-state index is 0.837. The quantitative estimate of drug-likeness (QED) is 0.323. The van der Waals surface area contributed by atoms with Gasteiger partial charge >= 0.3 is 0 Å². The number of H-pyrrole nitrogens is 1. The van der Waals surface area contributed by atoms with E-state index in [4.69, 9.17) is 14.4 Å². The van der Waals surface area contributed by atoms with Gasteiger partial charge in [0.05, 0.1) is 21.9 Å². The Kier molecular flexibility index (Phi) is 2.46. The van der Waals surface area contributed by atoms with E-state index >= 15 is 0 Å². The number of rotatable bonds is 0. The van der Waals surface area contributed by atoms with Crippen molar-refractivity contribution in [2.45, 2.75) is 0 Å². The van der Waals surface area contributed by atoms with Gasteiger partial charge in [-0.25, -0.2) is 9.97 Å². The maximum absolute atomic E-state index is 6.32. The molecule has 3 aromatic heterocycles. The molecular formula is C24H13N3O. The summed E-state index contributed by atoms with van der Waals surface area (Å²) in [6.07, 6.45) is 0. The first-order valence-electron chi connectivity index (χ1n) is 9.28. The highest BCUT2D eigenvalue weighted by molar-refractivity contribution is 6.33. The third-order valence-corrected chi connectivity index (χ3v) is 5.57. The molecule has 0 saturated heterocycles. The van der Waals surface area contributed by atoms with Crippen LogP contribution in [0.2, 0.25) is 0 Å². The first-order valence-corrected chi connectivity index (χ1v) is 9.28. The maximum Gasteiger partial charge on any atom is 0.161 e. The maximum atomic E-state index is 6.32. The fourth-order valence-corrected chi connectivity index (χ4v) is 4.36. The van der Waals surface area contributed by atoms with Crippen molar-refractivity contribution in [3.05, 3.63) is 72.8 Å². The molecule has 0 aliphatic heterocycles. The fraction of sp³-hybridized carbons (Fsp3) is 0. The van der Waals surface area contributed by atoms with E-state index in [1.54, 1.807) is 0 Å². The normalized spacial score (nSPS) is 12.3. The van der Waals surface area contributed by atoms with Gasteiger partial charge in [-0.1, -0.05) is 48.5 Å². The van der Waals surface area contributed by atoms with Crippen LogP contribution in [0.25, 0.3) is 65.8 Å². The van der Waals surface area contributed by atoms with Crippen LogP contribution in [0.5, 0.6) is 0 Å². The van der Waals surface area contributed by atoms with E-state index in [-0.39, 0.29) is 0 Å². The van der Waals surface area contributed by atoms with E-state index in [1.165, 1.54) is 0 Å². The summed E-state index contributed by atoms with van der Waals surface area (Å²) in [7, 11) is 0. The Morgan fingerprint density at radius 3 is 2.11 bits per heavy atom. The van der Waals surface area contributed by atoms with Crippen LogP contribution in [0.1, 0.15) is 0 Å². The summed E-state index contributed by atoms with van der Waals surface area (Å²) in [5.74, 6) is 0. The molecule has 0 spiro atoms. The lowest BCUT2D eigenvalue weighted by Crippen LogP contribution is -1.89. The van der Waals surface area contributed by atoms with Crippen LogP contribution < -0.4 is 0 Å². The van der Waals surface area contributed by atoms with Crippen molar-refractivity contribution < 1.29 is 4.42 Å². The highest BCUT2D eigenvalue weighted by Gasteiger charge is 2.21. The zero-order chi connectivity index (χ0) is 18.2. The molecule has 4 heteroatoms. The summed E-state index contributed by atoms with van der Waals surface area (Å²) < 4.78 is 6.32. The zero-order valence-corrected chi connectivity index (χ0v) is 14.7. The lowest BCUT2D eigenvalue weighted by atomic mass is 10.1. The van der Waals surface area contributed by atoms with E-state index in [9.17, 15) is 0 Å². The Morgan fingerprint density at radius 1 is 0.643 bits per heavy atom. The van der Waals surface area contributed by atoms with Gasteiger partial charge in [-0.3, -0.25) is 0 Å². The summed E-state index contributed by atoms with van der Waals surface area (Å²) in [4.78, 5) is 13.6. The molecule has 0 aliphatic carbocycles. The molecule has 0 fully saturated rings. The Hall–Kier alpha value is -3.92. The molecule has 7 rings (SSSR count). The van der Waals surface area contributed by atoms with Crippen molar-refractivity contribution >= 4 is 65.8 Å². The summed E-state index contributed by atoms with van der Waals surface area (Å²) in [6, 6.07) is 24.5. The number of para-hydroxylation sites is 4. The SMILES string of the molecule is c1ccc2nc3c(nc2c1)c1c2ccccc2[nH]c1c1oc2ccccc2c31. The van der Waals surface area contributed by atoms with E-state index < -0.39 is 0 Å². The predicted molar refractivity (Wildman–Crippen MR) is 114 cm³/mol. The lowest BCUT2D eigenvalue weighted by Gasteiger charge is -2.05. The van der Waals surface area contributed by atoms with Crippen molar-refractivity contribution in [1.29, 1.82) is 0 Å². The molecule has 3 heterocycles. The second kappa shape index (κ2) is 4.87. The third kappa shape index (κ3) is 1.65. The van der Waals surface area contributed by atoms with E-state index in [0.717, 1.165) is 65.8 Å². The summed E-state index contributed by atoms with van der Waals surface area (Å²) >= 11 is 0. The van der Waals surface area contributed by atoms with Crippen molar-refractivity contribution in [3.63, 3.8) is 0 Å². The number of aromatic amines is 1. The van der Waals surface area contributed by atoms with Crippen molar-refractivity contribution in [2.75, 3.05) is 0 Å². The Morgan fingerprint density at radius 2 is 1.29 bits per heavy atom. The van der Waals surface area contributed by atoms with Crippen LogP contribution >= 0.6 is 0 Å². The van der Waals surface area contributed by atoms with Crippen LogP contribution in [-0.2, 0) is 0 Å². The molecule has 130 valence electrons. The minimum Gasteiger partial charge on any atom is -0.454 e. The average molecular weight is 359 g/mol. The molecule has 0 bridgehead atoms. The minimum atomic E-state index is 0.837. The molecule has 4 aromatic carbocycles. The highest BCUT2D eigenvalue weighted by atomic mass is 16.3. The second-order valence-electron chi connectivity index (χ2n) is 7.13. The summed E-state index contributed by atoms with van der Waals surface area (Å²) in [5.41, 5.74) is 7.33. The largest absolute Gasteiger partial charge is 0.454 e. The summed E-state index contributed by atoms with van der Waals surface area (Å²) in [6.45, 7) is 0. The predicted octanol–water partition coefficient (Wildman–Crippen LogP) is 6.32. The Balaban J connectivity index is 1.91.